The van der Waals surface area contributed by atoms with Crippen molar-refractivity contribution < 1.29 is 4.79 Å². The Bertz CT molecular complexity index is 849. The first kappa shape index (κ1) is 15.7. The van der Waals surface area contributed by atoms with Crippen molar-refractivity contribution in [2.45, 2.75) is 37.8 Å². The molecule has 1 amide bonds. The molecule has 2 saturated heterocycles. The number of piperazine rings is 1. The quantitative estimate of drug-likeness (QED) is 0.653. The Hall–Kier alpha value is -2.57. The minimum atomic E-state index is 0.273. The summed E-state index contributed by atoms with van der Waals surface area (Å²) in [5.41, 5.74) is 2.91. The zero-order chi connectivity index (χ0) is 17.8. The zero-order valence-corrected chi connectivity index (χ0v) is 15.0. The molecular formula is C19H24N6O. The maximum Gasteiger partial charge on any atom is 0.226 e. The summed E-state index contributed by atoms with van der Waals surface area (Å²) in [6.45, 7) is 1.55. The van der Waals surface area contributed by atoms with Crippen molar-refractivity contribution in [2.75, 3.05) is 13.1 Å². The van der Waals surface area contributed by atoms with Crippen LogP contribution in [0.5, 0.6) is 0 Å². The van der Waals surface area contributed by atoms with E-state index in [1.54, 1.807) is 4.68 Å². The first-order valence-corrected chi connectivity index (χ1v) is 9.43. The monoisotopic (exact) mass is 352 g/mol. The second-order valence-corrected chi connectivity index (χ2v) is 7.86. The highest BCUT2D eigenvalue weighted by Gasteiger charge is 2.46. The second-order valence-electron chi connectivity index (χ2n) is 7.86. The van der Waals surface area contributed by atoms with Crippen LogP contribution < -0.4 is 0 Å². The average molecular weight is 352 g/mol. The molecule has 7 nitrogen and oxygen atoms in total. The number of amides is 1. The van der Waals surface area contributed by atoms with Gasteiger partial charge >= 0.3 is 0 Å². The van der Waals surface area contributed by atoms with E-state index in [2.05, 4.69) is 19.9 Å². The number of aromatic nitrogens is 3. The predicted molar refractivity (Wildman–Crippen MR) is 97.8 cm³/mol. The summed E-state index contributed by atoms with van der Waals surface area (Å²) < 4.78 is 1.78. The van der Waals surface area contributed by atoms with E-state index in [0.717, 1.165) is 55.6 Å². The van der Waals surface area contributed by atoms with Crippen LogP contribution in [0.2, 0.25) is 0 Å². The van der Waals surface area contributed by atoms with Crippen molar-refractivity contribution in [1.29, 1.82) is 5.41 Å². The van der Waals surface area contributed by atoms with Gasteiger partial charge in [0.05, 0.1) is 11.9 Å². The minimum absolute atomic E-state index is 0.273. The number of nitrogens with zero attached hydrogens (tertiary/aromatic N) is 4. The van der Waals surface area contributed by atoms with E-state index in [0.29, 0.717) is 11.7 Å². The Labute approximate surface area is 152 Å². The molecule has 0 radical (unpaired) electrons. The topological polar surface area (TPSA) is 81.0 Å². The minimum Gasteiger partial charge on any atom is -0.358 e. The van der Waals surface area contributed by atoms with Crippen molar-refractivity contribution in [2.24, 2.45) is 13.0 Å². The third kappa shape index (κ3) is 2.53. The van der Waals surface area contributed by atoms with Crippen LogP contribution in [0.15, 0.2) is 24.7 Å². The van der Waals surface area contributed by atoms with Gasteiger partial charge in [-0.2, -0.15) is 5.10 Å². The fraction of sp³-hybridized carbons (Fsp3) is 0.526. The normalized spacial score (nSPS) is 25.0. The van der Waals surface area contributed by atoms with Crippen molar-refractivity contribution in [3.05, 3.63) is 30.4 Å². The molecule has 26 heavy (non-hydrogen) atoms. The highest BCUT2D eigenvalue weighted by Crippen LogP contribution is 2.38. The summed E-state index contributed by atoms with van der Waals surface area (Å²) >= 11 is 0. The Morgan fingerprint density at radius 2 is 1.92 bits per heavy atom. The molecule has 2 N–H and O–H groups in total. The van der Waals surface area contributed by atoms with Gasteiger partial charge in [-0.05, 0) is 31.7 Å². The number of carbonyl (C=O) groups excluding carboxylic acids is 1. The lowest BCUT2D eigenvalue weighted by Crippen LogP contribution is -2.57. The summed E-state index contributed by atoms with van der Waals surface area (Å²) in [5, 5.41) is 12.9. The molecule has 5 rings (SSSR count). The van der Waals surface area contributed by atoms with Crippen molar-refractivity contribution in [3.63, 3.8) is 0 Å². The Balaban J connectivity index is 1.31. The summed E-state index contributed by atoms with van der Waals surface area (Å²) in [5.74, 6) is 1.17. The van der Waals surface area contributed by atoms with Crippen LogP contribution in [0.3, 0.4) is 0 Å². The standard InChI is InChI=1S/C19H24N6O/c1-23-9-14(8-22-23)13-6-17(21-7-13)18(20)24-10-15-4-5-16(11-24)25(15)19(26)12-2-3-12/h6-9,12,15-16,20-21H,2-5,10-11H2,1H3. The van der Waals surface area contributed by atoms with Crippen molar-refractivity contribution in [1.82, 2.24) is 24.6 Å². The summed E-state index contributed by atoms with van der Waals surface area (Å²) in [6, 6.07) is 2.56. The lowest BCUT2D eigenvalue weighted by molar-refractivity contribution is -0.137. The SMILES string of the molecule is Cn1cc(-c2c[nH]c(C(=N)N3CC4CCC(C3)N4C(=O)C3CC3)c2)cn1. The van der Waals surface area contributed by atoms with Gasteiger partial charge in [0.15, 0.2) is 0 Å². The lowest BCUT2D eigenvalue weighted by atomic mass is 10.1. The number of H-pyrrole nitrogens is 1. The van der Waals surface area contributed by atoms with Gasteiger partial charge in [-0.15, -0.1) is 0 Å². The molecule has 0 aromatic carbocycles. The molecule has 3 aliphatic rings. The van der Waals surface area contributed by atoms with Gasteiger partial charge in [0, 0.05) is 61.7 Å². The van der Waals surface area contributed by atoms with E-state index in [9.17, 15) is 4.79 Å². The zero-order valence-electron chi connectivity index (χ0n) is 15.0. The van der Waals surface area contributed by atoms with Crippen molar-refractivity contribution in [3.8, 4) is 11.1 Å². The van der Waals surface area contributed by atoms with Crippen LogP contribution in [0, 0.1) is 11.3 Å². The number of nitrogens with one attached hydrogen (secondary N) is 2. The van der Waals surface area contributed by atoms with Gasteiger partial charge in [-0.3, -0.25) is 14.9 Å². The number of aryl methyl sites for hydroxylation is 1. The molecule has 2 bridgehead atoms. The molecule has 2 unspecified atom stereocenters. The summed E-state index contributed by atoms with van der Waals surface area (Å²) in [6.07, 6.45) is 10.00. The van der Waals surface area contributed by atoms with Gasteiger partial charge in [-0.25, -0.2) is 0 Å². The molecular weight excluding hydrogens is 328 g/mol. The molecule has 7 heteroatoms. The predicted octanol–water partition coefficient (Wildman–Crippen LogP) is 1.83. The number of aromatic amines is 1. The first-order chi connectivity index (χ1) is 12.6. The van der Waals surface area contributed by atoms with Crippen LogP contribution in [-0.2, 0) is 11.8 Å². The molecule has 136 valence electrons. The lowest BCUT2D eigenvalue weighted by Gasteiger charge is -2.42. The molecule has 2 aromatic heterocycles. The maximum atomic E-state index is 12.6. The average Bonchev–Trinajstić information content (AvgIpc) is 3.11. The number of likely N-dealkylation sites (tertiary alicyclic amines) is 1. The fourth-order valence-electron chi connectivity index (χ4n) is 4.42. The van der Waals surface area contributed by atoms with Crippen LogP contribution in [0.4, 0.5) is 0 Å². The van der Waals surface area contributed by atoms with Gasteiger partial charge in [-0.1, -0.05) is 0 Å². The highest BCUT2D eigenvalue weighted by atomic mass is 16.2. The molecule has 4 heterocycles. The second kappa shape index (κ2) is 5.72. The number of rotatable bonds is 3. The van der Waals surface area contributed by atoms with Gasteiger partial charge in [0.2, 0.25) is 5.91 Å². The Morgan fingerprint density at radius 3 is 2.54 bits per heavy atom. The maximum absolute atomic E-state index is 12.6. The van der Waals surface area contributed by atoms with Gasteiger partial charge in [0.25, 0.3) is 0 Å². The number of hydrogen-bond acceptors (Lipinski definition) is 3. The van der Waals surface area contributed by atoms with E-state index in [1.807, 2.05) is 31.7 Å². The van der Waals surface area contributed by atoms with Crippen LogP contribution >= 0.6 is 0 Å². The van der Waals surface area contributed by atoms with Gasteiger partial charge < -0.3 is 14.8 Å². The Morgan fingerprint density at radius 1 is 1.19 bits per heavy atom. The Kier molecular flexibility index (Phi) is 3.45. The van der Waals surface area contributed by atoms with Crippen LogP contribution in [0.1, 0.15) is 31.4 Å². The molecule has 1 saturated carbocycles. The third-order valence-corrected chi connectivity index (χ3v) is 5.96. The number of hydrogen-bond donors (Lipinski definition) is 2. The van der Waals surface area contributed by atoms with E-state index >= 15 is 0 Å². The molecule has 2 atom stereocenters. The molecule has 2 aromatic rings. The van der Waals surface area contributed by atoms with E-state index in [-0.39, 0.29) is 18.0 Å². The fourth-order valence-corrected chi connectivity index (χ4v) is 4.42. The molecule has 2 aliphatic heterocycles. The highest BCUT2D eigenvalue weighted by molar-refractivity contribution is 5.96. The van der Waals surface area contributed by atoms with E-state index in [4.69, 9.17) is 5.41 Å². The number of carbonyl (C=O) groups is 1. The largest absolute Gasteiger partial charge is 0.358 e. The number of amidine groups is 1. The summed E-state index contributed by atoms with van der Waals surface area (Å²) in [4.78, 5) is 20.1. The van der Waals surface area contributed by atoms with E-state index in [1.165, 1.54) is 0 Å². The smallest absolute Gasteiger partial charge is 0.226 e. The number of fused-ring (bicyclic) bond motifs is 2. The van der Waals surface area contributed by atoms with Crippen molar-refractivity contribution >= 4 is 11.7 Å². The third-order valence-electron chi connectivity index (χ3n) is 5.96. The van der Waals surface area contributed by atoms with E-state index < -0.39 is 0 Å². The first-order valence-electron chi connectivity index (χ1n) is 9.43. The van der Waals surface area contributed by atoms with Crippen LogP contribution in [0.25, 0.3) is 11.1 Å². The molecule has 1 aliphatic carbocycles. The molecule has 3 fully saturated rings. The van der Waals surface area contributed by atoms with Gasteiger partial charge in [0.1, 0.15) is 5.84 Å². The van der Waals surface area contributed by atoms with Crippen LogP contribution in [-0.4, -0.2) is 61.5 Å². The summed E-state index contributed by atoms with van der Waals surface area (Å²) in [7, 11) is 1.90. The molecule has 0 spiro atoms.